The number of hydrogen-bond donors (Lipinski definition) is 0. The zero-order chi connectivity index (χ0) is 26.5. The molecule has 0 amide bonds. The smallest absolute Gasteiger partial charge is 0.310 e. The van der Waals surface area contributed by atoms with Crippen LogP contribution < -0.4 is 0 Å². The van der Waals surface area contributed by atoms with E-state index in [2.05, 4.69) is 64.2 Å². The molecule has 4 aliphatic rings. The van der Waals surface area contributed by atoms with E-state index in [0.717, 1.165) is 83.5 Å². The maximum absolute atomic E-state index is 13.9. The summed E-state index contributed by atoms with van der Waals surface area (Å²) in [7, 11) is 0. The number of ether oxygens (including phenoxy) is 2. The standard InChI is InChI=1S/C33H48O4/c1-5-11-24-13-9-19-32(22-24,17-7-3)36-30(34)28-26-15-16-27(21-26)29(28)31(35)37-33(18-8-4)20-10-14-25(23-33)12-6-2/h9-10,13-14,19-20,26-29H,5-8,11-12,15-18,21-23H2,1-4H3. The quantitative estimate of drug-likeness (QED) is 0.249. The van der Waals surface area contributed by atoms with E-state index in [-0.39, 0.29) is 35.6 Å². The van der Waals surface area contributed by atoms with Crippen LogP contribution in [0.3, 0.4) is 0 Å². The fraction of sp³-hybridized carbons (Fsp3) is 0.697. The van der Waals surface area contributed by atoms with Gasteiger partial charge in [-0.1, -0.05) is 88.8 Å². The summed E-state index contributed by atoms with van der Waals surface area (Å²) in [6, 6.07) is 0. The SMILES string of the molecule is CCCC1=CC=CC(CCC)(OC(=O)C2C3CCC(C3)C2C(=O)OC2(CCC)C=CC=C(CCC)C2)C1. The molecule has 37 heavy (non-hydrogen) atoms. The Morgan fingerprint density at radius 1 is 0.730 bits per heavy atom. The van der Waals surface area contributed by atoms with Gasteiger partial charge in [0.05, 0.1) is 11.8 Å². The molecule has 2 fully saturated rings. The Hall–Kier alpha value is -2.10. The fourth-order valence-electron chi connectivity index (χ4n) is 7.65. The number of allylic oxidation sites excluding steroid dienone is 4. The second-order valence-corrected chi connectivity index (χ2v) is 12.1. The molecule has 0 aromatic heterocycles. The summed E-state index contributed by atoms with van der Waals surface area (Å²) in [6.45, 7) is 8.66. The zero-order valence-electron chi connectivity index (χ0n) is 23.6. The third kappa shape index (κ3) is 6.15. The van der Waals surface area contributed by atoms with E-state index in [0.29, 0.717) is 0 Å². The molecule has 0 N–H and O–H groups in total. The van der Waals surface area contributed by atoms with Crippen molar-refractivity contribution in [2.45, 2.75) is 122 Å². The second kappa shape index (κ2) is 12.2. The van der Waals surface area contributed by atoms with Crippen LogP contribution in [-0.2, 0) is 19.1 Å². The van der Waals surface area contributed by atoms with Gasteiger partial charge in [0.2, 0.25) is 0 Å². The number of rotatable bonds is 12. The van der Waals surface area contributed by atoms with Crippen LogP contribution >= 0.6 is 0 Å². The predicted octanol–water partition coefficient (Wildman–Crippen LogP) is 8.19. The van der Waals surface area contributed by atoms with Gasteiger partial charge in [-0.15, -0.1) is 0 Å². The average molecular weight is 509 g/mol. The van der Waals surface area contributed by atoms with Crippen molar-refractivity contribution in [1.82, 2.24) is 0 Å². The highest BCUT2D eigenvalue weighted by atomic mass is 16.6. The zero-order valence-corrected chi connectivity index (χ0v) is 23.6. The molecule has 204 valence electrons. The van der Waals surface area contributed by atoms with Crippen molar-refractivity contribution in [2.24, 2.45) is 23.7 Å². The minimum Gasteiger partial charge on any atom is -0.454 e. The maximum Gasteiger partial charge on any atom is 0.310 e. The van der Waals surface area contributed by atoms with Crippen LogP contribution in [0.1, 0.15) is 111 Å². The Morgan fingerprint density at radius 3 is 1.54 bits per heavy atom. The molecule has 0 aliphatic heterocycles. The Balaban J connectivity index is 1.52. The number of fused-ring (bicyclic) bond motifs is 2. The summed E-state index contributed by atoms with van der Waals surface area (Å²) in [5.41, 5.74) is 1.52. The molecule has 0 spiro atoms. The van der Waals surface area contributed by atoms with Gasteiger partial charge in [-0.2, -0.15) is 0 Å². The molecule has 0 aromatic carbocycles. The molecule has 2 saturated carbocycles. The van der Waals surface area contributed by atoms with Gasteiger partial charge in [0, 0.05) is 12.8 Å². The molecular weight excluding hydrogens is 460 g/mol. The van der Waals surface area contributed by atoms with Crippen LogP contribution in [0.15, 0.2) is 47.6 Å². The number of hydrogen-bond acceptors (Lipinski definition) is 4. The van der Waals surface area contributed by atoms with Crippen LogP contribution in [-0.4, -0.2) is 23.1 Å². The largest absolute Gasteiger partial charge is 0.454 e. The van der Waals surface area contributed by atoms with Crippen LogP contribution in [0.25, 0.3) is 0 Å². The molecule has 4 aliphatic carbocycles. The molecule has 0 aromatic rings. The van der Waals surface area contributed by atoms with Crippen LogP contribution in [0, 0.1) is 23.7 Å². The summed E-state index contributed by atoms with van der Waals surface area (Å²) in [5, 5.41) is 0. The minimum atomic E-state index is -0.587. The molecular formula is C33H48O4. The van der Waals surface area contributed by atoms with E-state index in [9.17, 15) is 9.59 Å². The first kappa shape index (κ1) is 27.9. The first-order valence-electron chi connectivity index (χ1n) is 15.1. The molecule has 0 heterocycles. The normalized spacial score (nSPS) is 34.3. The van der Waals surface area contributed by atoms with Crippen molar-refractivity contribution in [1.29, 1.82) is 0 Å². The summed E-state index contributed by atoms with van der Waals surface area (Å²) >= 11 is 0. The summed E-state index contributed by atoms with van der Waals surface area (Å²) in [4.78, 5) is 27.8. The lowest BCUT2D eigenvalue weighted by Crippen LogP contribution is -2.44. The van der Waals surface area contributed by atoms with E-state index in [1.165, 1.54) is 11.1 Å². The lowest BCUT2D eigenvalue weighted by molar-refractivity contribution is -0.176. The topological polar surface area (TPSA) is 52.6 Å². The van der Waals surface area contributed by atoms with Gasteiger partial charge in [0.15, 0.2) is 0 Å². The highest BCUT2D eigenvalue weighted by molar-refractivity contribution is 5.84. The van der Waals surface area contributed by atoms with Gasteiger partial charge in [0.1, 0.15) is 11.2 Å². The summed E-state index contributed by atoms with van der Waals surface area (Å²) < 4.78 is 12.9. The van der Waals surface area contributed by atoms with Crippen molar-refractivity contribution in [3.63, 3.8) is 0 Å². The molecule has 4 nitrogen and oxygen atoms in total. The van der Waals surface area contributed by atoms with Crippen LogP contribution in [0.4, 0.5) is 0 Å². The predicted molar refractivity (Wildman–Crippen MR) is 149 cm³/mol. The highest BCUT2D eigenvalue weighted by Crippen LogP contribution is 2.54. The summed E-state index contributed by atoms with van der Waals surface area (Å²) in [5.74, 6) is -0.671. The molecule has 4 heteroatoms. The second-order valence-electron chi connectivity index (χ2n) is 12.1. The van der Waals surface area contributed by atoms with E-state index < -0.39 is 11.2 Å². The minimum absolute atomic E-state index is 0.180. The van der Waals surface area contributed by atoms with Crippen molar-refractivity contribution in [2.75, 3.05) is 0 Å². The van der Waals surface area contributed by atoms with Crippen molar-refractivity contribution in [3.8, 4) is 0 Å². The lowest BCUT2D eigenvalue weighted by Gasteiger charge is -2.38. The third-order valence-electron chi connectivity index (χ3n) is 9.07. The molecule has 6 atom stereocenters. The van der Waals surface area contributed by atoms with Crippen LogP contribution in [0.2, 0.25) is 0 Å². The molecule has 0 saturated heterocycles. The van der Waals surface area contributed by atoms with Crippen molar-refractivity contribution < 1.29 is 19.1 Å². The molecule has 6 unspecified atom stereocenters. The Bertz CT molecular complexity index is 879. The monoisotopic (exact) mass is 508 g/mol. The lowest BCUT2D eigenvalue weighted by atomic mass is 9.78. The molecule has 2 bridgehead atoms. The van der Waals surface area contributed by atoms with E-state index in [4.69, 9.17) is 9.47 Å². The van der Waals surface area contributed by atoms with Crippen LogP contribution in [0.5, 0.6) is 0 Å². The first-order chi connectivity index (χ1) is 17.9. The van der Waals surface area contributed by atoms with Gasteiger partial charge in [0.25, 0.3) is 0 Å². The summed E-state index contributed by atoms with van der Waals surface area (Å²) in [6.07, 6.45) is 24.9. The van der Waals surface area contributed by atoms with E-state index in [1.54, 1.807) is 0 Å². The fourth-order valence-corrected chi connectivity index (χ4v) is 7.65. The van der Waals surface area contributed by atoms with E-state index >= 15 is 0 Å². The maximum atomic E-state index is 13.9. The van der Waals surface area contributed by atoms with Gasteiger partial charge in [-0.3, -0.25) is 9.59 Å². The van der Waals surface area contributed by atoms with Crippen molar-refractivity contribution in [3.05, 3.63) is 47.6 Å². The number of carbonyl (C=O) groups is 2. The highest BCUT2D eigenvalue weighted by Gasteiger charge is 2.57. The third-order valence-corrected chi connectivity index (χ3v) is 9.07. The number of carbonyl (C=O) groups excluding carboxylic acids is 2. The Kier molecular flexibility index (Phi) is 9.19. The van der Waals surface area contributed by atoms with Gasteiger partial charge in [-0.25, -0.2) is 0 Å². The Labute approximate surface area is 224 Å². The number of esters is 2. The first-order valence-corrected chi connectivity index (χ1v) is 15.1. The van der Waals surface area contributed by atoms with Gasteiger partial charge >= 0.3 is 11.9 Å². The molecule has 0 radical (unpaired) electrons. The van der Waals surface area contributed by atoms with E-state index in [1.807, 2.05) is 0 Å². The Morgan fingerprint density at radius 2 is 1.16 bits per heavy atom. The van der Waals surface area contributed by atoms with Gasteiger partial charge in [-0.05, 0) is 68.9 Å². The molecule has 4 rings (SSSR count). The van der Waals surface area contributed by atoms with Gasteiger partial charge < -0.3 is 9.47 Å². The van der Waals surface area contributed by atoms with Crippen molar-refractivity contribution >= 4 is 11.9 Å². The average Bonchev–Trinajstić information content (AvgIpc) is 3.47.